The Kier molecular flexibility index (Phi) is 4.08. The maximum Gasteiger partial charge on any atom is 0.236 e. The molecule has 0 bridgehead atoms. The van der Waals surface area contributed by atoms with E-state index in [2.05, 4.69) is 15.3 Å². The van der Waals surface area contributed by atoms with E-state index in [9.17, 15) is 4.79 Å². The van der Waals surface area contributed by atoms with Crippen molar-refractivity contribution >= 4 is 33.7 Å². The third-order valence-electron chi connectivity index (χ3n) is 3.23. The fourth-order valence-corrected chi connectivity index (χ4v) is 3.42. The highest BCUT2D eigenvalue weighted by molar-refractivity contribution is 7.15. The molecular formula is C15H15N3O2S2. The minimum atomic E-state index is -0.136. The Hall–Kier alpha value is -1.99. The fraction of sp³-hybridized carbons (Fsp3) is 0.267. The summed E-state index contributed by atoms with van der Waals surface area (Å²) >= 11 is 3.03. The lowest BCUT2D eigenvalue weighted by molar-refractivity contribution is -0.115. The van der Waals surface area contributed by atoms with Gasteiger partial charge in [0.05, 0.1) is 22.7 Å². The van der Waals surface area contributed by atoms with E-state index < -0.39 is 0 Å². The van der Waals surface area contributed by atoms with Gasteiger partial charge in [-0.2, -0.15) is 0 Å². The second-order valence-corrected chi connectivity index (χ2v) is 7.04. The molecule has 0 spiro atoms. The van der Waals surface area contributed by atoms with Crippen molar-refractivity contribution in [3.8, 4) is 10.8 Å². The van der Waals surface area contributed by atoms with E-state index in [0.717, 1.165) is 15.4 Å². The van der Waals surface area contributed by atoms with E-state index in [4.69, 9.17) is 4.42 Å². The predicted octanol–water partition coefficient (Wildman–Crippen LogP) is 3.97. The molecule has 7 heteroatoms. The molecule has 0 radical (unpaired) electrons. The number of nitrogens with zero attached hydrogens (tertiary/aromatic N) is 2. The van der Waals surface area contributed by atoms with Gasteiger partial charge >= 0.3 is 0 Å². The van der Waals surface area contributed by atoms with Gasteiger partial charge in [0.25, 0.3) is 0 Å². The Labute approximate surface area is 136 Å². The van der Waals surface area contributed by atoms with Gasteiger partial charge in [-0.3, -0.25) is 4.79 Å². The summed E-state index contributed by atoms with van der Waals surface area (Å²) in [6.45, 7) is 5.73. The number of hydrogen-bond acceptors (Lipinski definition) is 6. The zero-order chi connectivity index (χ0) is 15.7. The number of thiophene rings is 1. The van der Waals surface area contributed by atoms with Gasteiger partial charge in [0.1, 0.15) is 5.76 Å². The second-order valence-electron chi connectivity index (χ2n) is 4.88. The number of carbonyl (C=O) groups is 1. The maximum absolute atomic E-state index is 12.1. The molecule has 3 aromatic heterocycles. The van der Waals surface area contributed by atoms with Crippen LogP contribution >= 0.6 is 22.7 Å². The van der Waals surface area contributed by atoms with E-state index in [-0.39, 0.29) is 12.3 Å². The molecule has 114 valence electrons. The summed E-state index contributed by atoms with van der Waals surface area (Å²) in [7, 11) is 0. The summed E-state index contributed by atoms with van der Waals surface area (Å²) in [6.07, 6.45) is 0.179. The monoisotopic (exact) mass is 333 g/mol. The molecule has 3 rings (SSSR count). The SMILES string of the molecule is Cc1nc(NC(=O)Cc2nc(-c3cccs3)oc2C)sc1C. The first-order chi connectivity index (χ1) is 10.5. The van der Waals surface area contributed by atoms with Gasteiger partial charge in [-0.15, -0.1) is 22.7 Å². The number of carbonyl (C=O) groups excluding carboxylic acids is 1. The van der Waals surface area contributed by atoms with Crippen LogP contribution in [0.1, 0.15) is 22.0 Å². The van der Waals surface area contributed by atoms with Crippen LogP contribution < -0.4 is 5.32 Å². The Morgan fingerprint density at radius 1 is 1.32 bits per heavy atom. The highest BCUT2D eigenvalue weighted by Crippen LogP contribution is 2.26. The highest BCUT2D eigenvalue weighted by atomic mass is 32.1. The molecule has 0 saturated carbocycles. The van der Waals surface area contributed by atoms with Gasteiger partial charge in [-0.25, -0.2) is 9.97 Å². The van der Waals surface area contributed by atoms with Crippen molar-refractivity contribution in [3.63, 3.8) is 0 Å². The Balaban J connectivity index is 1.71. The third-order valence-corrected chi connectivity index (χ3v) is 5.07. The van der Waals surface area contributed by atoms with E-state index in [1.165, 1.54) is 11.3 Å². The van der Waals surface area contributed by atoms with E-state index in [1.807, 2.05) is 38.3 Å². The van der Waals surface area contributed by atoms with Crippen molar-refractivity contribution in [1.82, 2.24) is 9.97 Å². The minimum absolute atomic E-state index is 0.136. The molecule has 3 aromatic rings. The molecule has 0 aromatic carbocycles. The largest absolute Gasteiger partial charge is 0.440 e. The summed E-state index contributed by atoms with van der Waals surface area (Å²) in [6, 6.07) is 3.89. The number of hydrogen-bond donors (Lipinski definition) is 1. The van der Waals surface area contributed by atoms with Crippen molar-refractivity contribution in [2.24, 2.45) is 0 Å². The van der Waals surface area contributed by atoms with Gasteiger partial charge in [0, 0.05) is 4.88 Å². The van der Waals surface area contributed by atoms with Crippen molar-refractivity contribution in [2.45, 2.75) is 27.2 Å². The normalized spacial score (nSPS) is 10.9. The Morgan fingerprint density at radius 3 is 2.77 bits per heavy atom. The lowest BCUT2D eigenvalue weighted by atomic mass is 10.2. The quantitative estimate of drug-likeness (QED) is 0.784. The fourth-order valence-electron chi connectivity index (χ4n) is 1.94. The van der Waals surface area contributed by atoms with Crippen LogP contribution in [0.4, 0.5) is 5.13 Å². The summed E-state index contributed by atoms with van der Waals surface area (Å²) in [4.78, 5) is 22.9. The molecule has 0 saturated heterocycles. The average molecular weight is 333 g/mol. The molecule has 5 nitrogen and oxygen atoms in total. The first kappa shape index (κ1) is 14.9. The van der Waals surface area contributed by atoms with Crippen LogP contribution in [0.2, 0.25) is 0 Å². The minimum Gasteiger partial charge on any atom is -0.440 e. The van der Waals surface area contributed by atoms with E-state index in [0.29, 0.717) is 22.5 Å². The summed E-state index contributed by atoms with van der Waals surface area (Å²) in [5.41, 5.74) is 1.60. The van der Waals surface area contributed by atoms with Crippen molar-refractivity contribution in [2.75, 3.05) is 5.32 Å². The van der Waals surface area contributed by atoms with Crippen LogP contribution in [-0.2, 0) is 11.2 Å². The molecule has 1 N–H and O–H groups in total. The molecule has 1 amide bonds. The van der Waals surface area contributed by atoms with Crippen LogP contribution in [0, 0.1) is 20.8 Å². The number of thiazole rings is 1. The number of aryl methyl sites for hydroxylation is 3. The van der Waals surface area contributed by atoms with Crippen LogP contribution in [0.5, 0.6) is 0 Å². The van der Waals surface area contributed by atoms with Crippen molar-refractivity contribution in [3.05, 3.63) is 39.5 Å². The first-order valence-corrected chi connectivity index (χ1v) is 8.46. The lowest BCUT2D eigenvalue weighted by Crippen LogP contribution is -2.15. The number of anilines is 1. The summed E-state index contributed by atoms with van der Waals surface area (Å²) < 4.78 is 5.64. The van der Waals surface area contributed by atoms with Gasteiger partial charge < -0.3 is 9.73 Å². The van der Waals surface area contributed by atoms with Crippen LogP contribution in [-0.4, -0.2) is 15.9 Å². The van der Waals surface area contributed by atoms with Crippen LogP contribution in [0.25, 0.3) is 10.8 Å². The van der Waals surface area contributed by atoms with Crippen LogP contribution in [0.15, 0.2) is 21.9 Å². The van der Waals surface area contributed by atoms with Gasteiger partial charge in [-0.1, -0.05) is 6.07 Å². The molecule has 22 heavy (non-hydrogen) atoms. The average Bonchev–Trinajstić information content (AvgIpc) is 3.14. The van der Waals surface area contributed by atoms with E-state index in [1.54, 1.807) is 11.3 Å². The smallest absolute Gasteiger partial charge is 0.236 e. The van der Waals surface area contributed by atoms with Gasteiger partial charge in [0.15, 0.2) is 5.13 Å². The highest BCUT2D eigenvalue weighted by Gasteiger charge is 2.16. The Morgan fingerprint density at radius 2 is 2.14 bits per heavy atom. The van der Waals surface area contributed by atoms with E-state index >= 15 is 0 Å². The lowest BCUT2D eigenvalue weighted by Gasteiger charge is -1.99. The summed E-state index contributed by atoms with van der Waals surface area (Å²) in [5, 5.41) is 5.40. The van der Waals surface area contributed by atoms with Crippen molar-refractivity contribution in [1.29, 1.82) is 0 Å². The topological polar surface area (TPSA) is 68.0 Å². The Bertz CT molecular complexity index is 783. The number of nitrogens with one attached hydrogen (secondary N) is 1. The maximum atomic E-state index is 12.1. The second kappa shape index (κ2) is 6.02. The van der Waals surface area contributed by atoms with Gasteiger partial charge in [-0.05, 0) is 32.2 Å². The number of aromatic nitrogens is 2. The predicted molar refractivity (Wildman–Crippen MR) is 88.5 cm³/mol. The first-order valence-electron chi connectivity index (χ1n) is 6.77. The molecule has 0 aliphatic carbocycles. The van der Waals surface area contributed by atoms with Gasteiger partial charge in [0.2, 0.25) is 11.8 Å². The van der Waals surface area contributed by atoms with Crippen molar-refractivity contribution < 1.29 is 9.21 Å². The molecule has 0 fully saturated rings. The standard InChI is InChI=1S/C15H15N3O2S2/c1-8-10(3)22-15(16-8)18-13(19)7-11-9(2)20-14(17-11)12-5-4-6-21-12/h4-6H,7H2,1-3H3,(H,16,18,19). The number of oxazole rings is 1. The number of rotatable bonds is 4. The molecule has 0 unspecified atom stereocenters. The molecule has 0 aliphatic heterocycles. The summed E-state index contributed by atoms with van der Waals surface area (Å²) in [5.74, 6) is 1.10. The van der Waals surface area contributed by atoms with Crippen LogP contribution in [0.3, 0.4) is 0 Å². The molecular weight excluding hydrogens is 318 g/mol. The third kappa shape index (κ3) is 3.10. The number of amides is 1. The molecule has 0 atom stereocenters. The zero-order valence-corrected chi connectivity index (χ0v) is 14.1. The molecule has 3 heterocycles. The molecule has 0 aliphatic rings. The zero-order valence-electron chi connectivity index (χ0n) is 12.5.